The first-order chi connectivity index (χ1) is 12.1. The van der Waals surface area contributed by atoms with Crippen LogP contribution in [0.15, 0.2) is 42.6 Å². The Morgan fingerprint density at radius 2 is 2.00 bits per heavy atom. The molecule has 0 spiro atoms. The molecule has 0 radical (unpaired) electrons. The second-order valence-corrected chi connectivity index (χ2v) is 6.77. The second kappa shape index (κ2) is 9.14. The molecule has 0 atom stereocenters. The van der Waals surface area contributed by atoms with Crippen LogP contribution in [0, 0.1) is 10.5 Å². The van der Waals surface area contributed by atoms with Crippen molar-refractivity contribution in [2.45, 2.75) is 20.3 Å². The van der Waals surface area contributed by atoms with Gasteiger partial charge in [-0.1, -0.05) is 19.1 Å². The maximum Gasteiger partial charge on any atom is 0.341 e. The van der Waals surface area contributed by atoms with Gasteiger partial charge in [-0.15, -0.1) is 12.4 Å². The quantitative estimate of drug-likeness (QED) is 0.395. The van der Waals surface area contributed by atoms with Crippen LogP contribution in [0.5, 0.6) is 0 Å². The Hall–Kier alpha value is -1.93. The molecule has 0 aliphatic carbocycles. The van der Waals surface area contributed by atoms with Crippen LogP contribution in [0.1, 0.15) is 29.4 Å². The number of para-hydroxylation sites is 1. The molecule has 0 saturated heterocycles. The number of ether oxygens (including phenoxy) is 1. The van der Waals surface area contributed by atoms with E-state index < -0.39 is 0 Å². The summed E-state index contributed by atoms with van der Waals surface area (Å²) < 4.78 is 6.37. The predicted molar refractivity (Wildman–Crippen MR) is 115 cm³/mol. The maximum atomic E-state index is 12.5. The first-order valence-corrected chi connectivity index (χ1v) is 9.13. The molecule has 0 unspecified atom stereocenters. The molecule has 2 aromatic heterocycles. The van der Waals surface area contributed by atoms with Gasteiger partial charge in [0.2, 0.25) is 0 Å². The van der Waals surface area contributed by atoms with Crippen molar-refractivity contribution >= 4 is 63.4 Å². The number of aryl methyl sites for hydroxylation is 1. The third-order valence-corrected chi connectivity index (χ3v) is 4.60. The number of hydrogen-bond donors (Lipinski definition) is 1. The summed E-state index contributed by atoms with van der Waals surface area (Å²) in [5.41, 5.74) is 3.47. The molecule has 0 bridgehead atoms. The number of aromatic nitrogens is 2. The summed E-state index contributed by atoms with van der Waals surface area (Å²) in [5, 5.41) is 4.16. The van der Waals surface area contributed by atoms with Crippen molar-refractivity contribution in [2.24, 2.45) is 0 Å². The van der Waals surface area contributed by atoms with Crippen LogP contribution < -0.4 is 5.32 Å². The van der Waals surface area contributed by atoms with Gasteiger partial charge in [0, 0.05) is 20.8 Å². The summed E-state index contributed by atoms with van der Waals surface area (Å²) in [6.45, 7) is 4.26. The van der Waals surface area contributed by atoms with E-state index in [1.165, 1.54) is 6.20 Å². The minimum atomic E-state index is -0.384. The Balaban J connectivity index is 0.00000243. The van der Waals surface area contributed by atoms with Gasteiger partial charge in [0.25, 0.3) is 0 Å². The Morgan fingerprint density at radius 3 is 2.73 bits per heavy atom. The van der Waals surface area contributed by atoms with Crippen molar-refractivity contribution in [2.75, 3.05) is 11.9 Å². The van der Waals surface area contributed by atoms with Crippen LogP contribution in [-0.2, 0) is 4.74 Å². The van der Waals surface area contributed by atoms with Crippen molar-refractivity contribution < 1.29 is 9.53 Å². The lowest BCUT2D eigenvalue weighted by molar-refractivity contribution is 0.0506. The van der Waals surface area contributed by atoms with Crippen molar-refractivity contribution in [1.82, 2.24) is 9.97 Å². The third-order valence-electron chi connectivity index (χ3n) is 3.66. The Morgan fingerprint density at radius 1 is 1.23 bits per heavy atom. The van der Waals surface area contributed by atoms with E-state index in [2.05, 4.69) is 37.9 Å². The molecule has 0 aliphatic rings. The van der Waals surface area contributed by atoms with Crippen LogP contribution in [0.3, 0.4) is 0 Å². The number of anilines is 2. The SMILES string of the molecule is CCCOC(=O)c1cnc2nc(C)ccc2c1Nc1ccccc1I.Cl. The van der Waals surface area contributed by atoms with Crippen molar-refractivity contribution in [3.05, 3.63) is 57.4 Å². The van der Waals surface area contributed by atoms with Gasteiger partial charge in [-0.05, 0) is 60.2 Å². The number of hydrogen-bond acceptors (Lipinski definition) is 5. The Kier molecular flexibility index (Phi) is 7.16. The van der Waals surface area contributed by atoms with Gasteiger partial charge in [0.15, 0.2) is 5.65 Å². The van der Waals surface area contributed by atoms with Crippen LogP contribution in [0.4, 0.5) is 11.4 Å². The highest BCUT2D eigenvalue weighted by Crippen LogP contribution is 2.31. The molecule has 0 saturated carbocycles. The number of fused-ring (bicyclic) bond motifs is 1. The molecule has 7 heteroatoms. The minimum Gasteiger partial charge on any atom is -0.462 e. The van der Waals surface area contributed by atoms with Gasteiger partial charge in [0.1, 0.15) is 5.56 Å². The predicted octanol–water partition coefficient (Wildman–Crippen LogP) is 5.28. The van der Waals surface area contributed by atoms with E-state index >= 15 is 0 Å². The van der Waals surface area contributed by atoms with E-state index in [0.717, 1.165) is 26.8 Å². The van der Waals surface area contributed by atoms with E-state index in [4.69, 9.17) is 4.74 Å². The van der Waals surface area contributed by atoms with Crippen molar-refractivity contribution in [3.63, 3.8) is 0 Å². The molecular weight excluding hydrogens is 465 g/mol. The van der Waals surface area contributed by atoms with Crippen molar-refractivity contribution in [1.29, 1.82) is 0 Å². The summed E-state index contributed by atoms with van der Waals surface area (Å²) in [5.74, 6) is -0.384. The zero-order valence-electron chi connectivity index (χ0n) is 14.5. The third kappa shape index (κ3) is 4.42. The fraction of sp³-hybridized carbons (Fsp3) is 0.211. The average Bonchev–Trinajstić information content (AvgIpc) is 2.61. The van der Waals surface area contributed by atoms with Gasteiger partial charge >= 0.3 is 5.97 Å². The number of rotatable bonds is 5. The first kappa shape index (κ1) is 20.4. The summed E-state index contributed by atoms with van der Waals surface area (Å²) in [6.07, 6.45) is 2.30. The molecule has 0 fully saturated rings. The Bertz CT molecular complexity index is 934. The molecular formula is C19H19ClIN3O2. The van der Waals surface area contributed by atoms with Gasteiger partial charge in [-0.25, -0.2) is 14.8 Å². The van der Waals surface area contributed by atoms with E-state index in [-0.39, 0.29) is 18.4 Å². The van der Waals surface area contributed by atoms with Gasteiger partial charge in [-0.2, -0.15) is 0 Å². The number of carbonyl (C=O) groups is 1. The van der Waals surface area contributed by atoms with E-state index in [1.807, 2.05) is 50.2 Å². The molecule has 1 N–H and O–H groups in total. The second-order valence-electron chi connectivity index (χ2n) is 5.61. The van der Waals surface area contributed by atoms with E-state index in [1.54, 1.807) is 0 Å². The number of esters is 1. The molecule has 136 valence electrons. The van der Waals surface area contributed by atoms with E-state index in [9.17, 15) is 4.79 Å². The molecule has 26 heavy (non-hydrogen) atoms. The monoisotopic (exact) mass is 483 g/mol. The highest BCUT2D eigenvalue weighted by atomic mass is 127. The molecule has 3 rings (SSSR count). The summed E-state index contributed by atoms with van der Waals surface area (Å²) in [4.78, 5) is 21.3. The fourth-order valence-corrected chi connectivity index (χ4v) is 2.95. The summed E-state index contributed by atoms with van der Waals surface area (Å²) in [6, 6.07) is 11.7. The smallest absolute Gasteiger partial charge is 0.341 e. The summed E-state index contributed by atoms with van der Waals surface area (Å²) >= 11 is 2.26. The van der Waals surface area contributed by atoms with Gasteiger partial charge in [-0.3, -0.25) is 0 Å². The lowest BCUT2D eigenvalue weighted by atomic mass is 10.1. The highest BCUT2D eigenvalue weighted by molar-refractivity contribution is 14.1. The number of benzene rings is 1. The van der Waals surface area contributed by atoms with Crippen LogP contribution in [-0.4, -0.2) is 22.5 Å². The largest absolute Gasteiger partial charge is 0.462 e. The first-order valence-electron chi connectivity index (χ1n) is 8.05. The zero-order valence-corrected chi connectivity index (χ0v) is 17.4. The average molecular weight is 484 g/mol. The summed E-state index contributed by atoms with van der Waals surface area (Å²) in [7, 11) is 0. The van der Waals surface area contributed by atoms with Crippen LogP contribution in [0.25, 0.3) is 11.0 Å². The lowest BCUT2D eigenvalue weighted by Gasteiger charge is -2.15. The molecule has 3 aromatic rings. The Labute approximate surface area is 172 Å². The van der Waals surface area contributed by atoms with Crippen LogP contribution in [0.2, 0.25) is 0 Å². The minimum absolute atomic E-state index is 0. The van der Waals surface area contributed by atoms with E-state index in [0.29, 0.717) is 23.5 Å². The van der Waals surface area contributed by atoms with Crippen molar-refractivity contribution in [3.8, 4) is 0 Å². The number of halogens is 2. The topological polar surface area (TPSA) is 64.1 Å². The molecule has 2 heterocycles. The molecule has 1 aromatic carbocycles. The van der Waals surface area contributed by atoms with Gasteiger partial charge in [0.05, 0.1) is 18.0 Å². The van der Waals surface area contributed by atoms with Crippen LogP contribution >= 0.6 is 35.0 Å². The maximum absolute atomic E-state index is 12.5. The van der Waals surface area contributed by atoms with Gasteiger partial charge < -0.3 is 10.1 Å². The lowest BCUT2D eigenvalue weighted by Crippen LogP contribution is -2.10. The number of carbonyl (C=O) groups excluding carboxylic acids is 1. The molecule has 5 nitrogen and oxygen atoms in total. The number of pyridine rings is 2. The normalized spacial score (nSPS) is 10.3. The zero-order chi connectivity index (χ0) is 17.8. The molecule has 0 amide bonds. The number of nitrogens with one attached hydrogen (secondary N) is 1. The standard InChI is InChI=1S/C19H18IN3O2.ClH/c1-3-10-25-19(24)14-11-21-18-13(9-8-12(2)22-18)17(14)23-16-7-5-4-6-15(16)20;/h4-9,11H,3,10H2,1-2H3,(H,21,22,23);1H. The highest BCUT2D eigenvalue weighted by Gasteiger charge is 2.18. The molecule has 0 aliphatic heterocycles. The fourth-order valence-electron chi connectivity index (χ4n) is 2.43. The number of nitrogens with zero attached hydrogens (tertiary/aromatic N) is 2.